The fourth-order valence-corrected chi connectivity index (χ4v) is 4.07. The Morgan fingerprint density at radius 2 is 1.79 bits per heavy atom. The summed E-state index contributed by atoms with van der Waals surface area (Å²) >= 11 is 0. The summed E-state index contributed by atoms with van der Waals surface area (Å²) in [4.78, 5) is 17.7. The van der Waals surface area contributed by atoms with Gasteiger partial charge in [-0.2, -0.15) is 0 Å². The molecule has 1 aliphatic rings. The van der Waals surface area contributed by atoms with E-state index >= 15 is 0 Å². The van der Waals surface area contributed by atoms with Gasteiger partial charge in [0.15, 0.2) is 0 Å². The molecule has 0 bridgehead atoms. The molecule has 1 unspecified atom stereocenters. The number of fused-ring (bicyclic) bond motifs is 1. The predicted molar refractivity (Wildman–Crippen MR) is 132 cm³/mol. The second-order valence-corrected chi connectivity index (χ2v) is 9.57. The van der Waals surface area contributed by atoms with Crippen LogP contribution < -0.4 is 10.1 Å². The Balaban J connectivity index is 1.45. The number of carbonyl (C=O) groups is 1. The average Bonchev–Trinajstić information content (AvgIpc) is 2.78. The van der Waals surface area contributed by atoms with Crippen LogP contribution in [0.25, 0.3) is 10.8 Å². The van der Waals surface area contributed by atoms with Crippen LogP contribution in [-0.2, 0) is 4.74 Å². The van der Waals surface area contributed by atoms with Crippen LogP contribution in [-0.4, -0.2) is 91.5 Å². The summed E-state index contributed by atoms with van der Waals surface area (Å²) in [5, 5.41) is 15.3. The third-order valence-electron chi connectivity index (χ3n) is 5.77. The molecule has 7 heteroatoms. The summed E-state index contributed by atoms with van der Waals surface area (Å²) in [6.07, 6.45) is -0.477. The maximum absolute atomic E-state index is 13.0. The maximum atomic E-state index is 13.0. The Morgan fingerprint density at radius 1 is 1.09 bits per heavy atom. The van der Waals surface area contributed by atoms with E-state index in [0.717, 1.165) is 43.5 Å². The smallest absolute Gasteiger partial charge is 0.255 e. The van der Waals surface area contributed by atoms with Gasteiger partial charge in [0.1, 0.15) is 5.75 Å². The van der Waals surface area contributed by atoms with Gasteiger partial charge in [-0.25, -0.2) is 0 Å². The number of rotatable bonds is 10. The first-order valence-electron chi connectivity index (χ1n) is 12.0. The molecule has 0 saturated carbocycles. The normalized spacial score (nSPS) is 16.6. The third kappa shape index (κ3) is 7.67. The number of nitrogens with zero attached hydrogens (tertiary/aromatic N) is 2. The van der Waals surface area contributed by atoms with Crippen molar-refractivity contribution in [2.45, 2.75) is 39.4 Å². The molecule has 7 nitrogen and oxygen atoms in total. The number of nitrogens with one attached hydrogen (secondary N) is 1. The second kappa shape index (κ2) is 11.8. The monoisotopic (exact) mass is 457 g/mol. The molecular weight excluding hydrogens is 418 g/mol. The SMILES string of the molecule is CCOc1ccc2ccccc2c1C(=O)NCCN1CCN(CC(O)COC(C)(C)C)CC1. The molecule has 2 N–H and O–H groups in total. The summed E-state index contributed by atoms with van der Waals surface area (Å²) in [5.74, 6) is 0.521. The summed E-state index contributed by atoms with van der Waals surface area (Å²) in [6, 6.07) is 11.8. The van der Waals surface area contributed by atoms with Gasteiger partial charge in [0.05, 0.1) is 30.5 Å². The Hall–Kier alpha value is -2.19. The van der Waals surface area contributed by atoms with Gasteiger partial charge < -0.3 is 19.9 Å². The predicted octanol–water partition coefficient (Wildman–Crippen LogP) is 2.76. The Kier molecular flexibility index (Phi) is 9.09. The zero-order chi connectivity index (χ0) is 23.8. The molecule has 1 amide bonds. The zero-order valence-corrected chi connectivity index (χ0v) is 20.5. The van der Waals surface area contributed by atoms with Crippen molar-refractivity contribution in [2.24, 2.45) is 0 Å². The largest absolute Gasteiger partial charge is 0.493 e. The molecule has 1 atom stereocenters. The standard InChI is InChI=1S/C26H39N3O4/c1-5-32-23-11-10-20-8-6-7-9-22(20)24(23)25(31)27-12-13-28-14-16-29(17-15-28)18-21(30)19-33-26(2,3)4/h6-11,21,30H,5,12-19H2,1-4H3,(H,27,31). The molecule has 1 fully saturated rings. The second-order valence-electron chi connectivity index (χ2n) is 9.57. The number of carbonyl (C=O) groups excluding carboxylic acids is 1. The fourth-order valence-electron chi connectivity index (χ4n) is 4.07. The van der Waals surface area contributed by atoms with E-state index in [9.17, 15) is 9.90 Å². The fraction of sp³-hybridized carbons (Fsp3) is 0.577. The number of amides is 1. The highest BCUT2D eigenvalue weighted by Gasteiger charge is 2.21. The molecule has 0 spiro atoms. The van der Waals surface area contributed by atoms with Crippen LogP contribution in [0.1, 0.15) is 38.1 Å². The molecule has 2 aromatic rings. The average molecular weight is 458 g/mol. The molecule has 0 radical (unpaired) electrons. The highest BCUT2D eigenvalue weighted by atomic mass is 16.5. The first-order valence-corrected chi connectivity index (χ1v) is 12.0. The number of hydrogen-bond donors (Lipinski definition) is 2. The van der Waals surface area contributed by atoms with Crippen LogP contribution in [0.4, 0.5) is 0 Å². The van der Waals surface area contributed by atoms with Crippen molar-refractivity contribution in [3.63, 3.8) is 0 Å². The van der Waals surface area contributed by atoms with E-state index in [-0.39, 0.29) is 11.5 Å². The summed E-state index contributed by atoms with van der Waals surface area (Å²) in [7, 11) is 0. The number of aliphatic hydroxyl groups excluding tert-OH is 1. The van der Waals surface area contributed by atoms with Gasteiger partial charge in [-0.15, -0.1) is 0 Å². The van der Waals surface area contributed by atoms with Gasteiger partial charge in [0, 0.05) is 45.8 Å². The van der Waals surface area contributed by atoms with Crippen LogP contribution in [0.15, 0.2) is 36.4 Å². The van der Waals surface area contributed by atoms with E-state index < -0.39 is 6.10 Å². The molecule has 0 aromatic heterocycles. The highest BCUT2D eigenvalue weighted by molar-refractivity contribution is 6.09. The van der Waals surface area contributed by atoms with E-state index in [1.807, 2.05) is 64.1 Å². The highest BCUT2D eigenvalue weighted by Crippen LogP contribution is 2.28. The third-order valence-corrected chi connectivity index (χ3v) is 5.77. The van der Waals surface area contributed by atoms with Crippen molar-refractivity contribution < 1.29 is 19.4 Å². The minimum Gasteiger partial charge on any atom is -0.493 e. The van der Waals surface area contributed by atoms with Crippen LogP contribution in [0.5, 0.6) is 5.75 Å². The number of aliphatic hydroxyl groups is 1. The van der Waals surface area contributed by atoms with E-state index in [4.69, 9.17) is 9.47 Å². The molecule has 1 heterocycles. The number of hydrogen-bond acceptors (Lipinski definition) is 6. The molecule has 182 valence electrons. The number of ether oxygens (including phenoxy) is 2. The van der Waals surface area contributed by atoms with Gasteiger partial charge in [0.2, 0.25) is 0 Å². The maximum Gasteiger partial charge on any atom is 0.255 e. The quantitative estimate of drug-likeness (QED) is 0.572. The molecule has 0 aliphatic carbocycles. The van der Waals surface area contributed by atoms with E-state index in [1.54, 1.807) is 0 Å². The number of β-amino-alcohol motifs (C(OH)–C–C–N with tert-alkyl or cyclic N) is 1. The molecular formula is C26H39N3O4. The molecule has 1 aliphatic heterocycles. The molecule has 3 rings (SSSR count). The van der Waals surface area contributed by atoms with Gasteiger partial charge >= 0.3 is 0 Å². The minimum atomic E-state index is -0.477. The van der Waals surface area contributed by atoms with Crippen molar-refractivity contribution in [3.8, 4) is 5.75 Å². The minimum absolute atomic E-state index is 0.101. The van der Waals surface area contributed by atoms with Crippen molar-refractivity contribution in [3.05, 3.63) is 42.0 Å². The lowest BCUT2D eigenvalue weighted by atomic mass is 10.0. The Bertz CT molecular complexity index is 904. The van der Waals surface area contributed by atoms with E-state index in [1.165, 1.54) is 0 Å². The van der Waals surface area contributed by atoms with Crippen LogP contribution in [0.2, 0.25) is 0 Å². The Labute approximate surface area is 197 Å². The van der Waals surface area contributed by atoms with E-state index in [0.29, 0.717) is 37.6 Å². The van der Waals surface area contributed by atoms with Crippen LogP contribution in [0.3, 0.4) is 0 Å². The van der Waals surface area contributed by atoms with E-state index in [2.05, 4.69) is 15.1 Å². The first-order chi connectivity index (χ1) is 15.8. The zero-order valence-electron chi connectivity index (χ0n) is 20.5. The van der Waals surface area contributed by atoms with Crippen molar-refractivity contribution in [1.29, 1.82) is 0 Å². The van der Waals surface area contributed by atoms with Crippen molar-refractivity contribution >= 4 is 16.7 Å². The topological polar surface area (TPSA) is 74.3 Å². The van der Waals surface area contributed by atoms with Crippen molar-refractivity contribution in [2.75, 3.05) is 59.0 Å². The van der Waals surface area contributed by atoms with Gasteiger partial charge in [0.25, 0.3) is 5.91 Å². The summed E-state index contributed by atoms with van der Waals surface area (Å²) < 4.78 is 11.4. The summed E-state index contributed by atoms with van der Waals surface area (Å²) in [5.41, 5.74) is 0.366. The van der Waals surface area contributed by atoms with Crippen LogP contribution in [0, 0.1) is 0 Å². The first kappa shape index (κ1) is 25.4. The van der Waals surface area contributed by atoms with Crippen LogP contribution >= 0.6 is 0 Å². The van der Waals surface area contributed by atoms with Gasteiger partial charge in [-0.1, -0.05) is 30.3 Å². The lowest BCUT2D eigenvalue weighted by Crippen LogP contribution is -2.50. The van der Waals surface area contributed by atoms with Gasteiger partial charge in [-0.3, -0.25) is 14.6 Å². The van der Waals surface area contributed by atoms with Gasteiger partial charge in [-0.05, 0) is 44.5 Å². The molecule has 33 heavy (non-hydrogen) atoms. The lowest BCUT2D eigenvalue weighted by molar-refractivity contribution is -0.0585. The summed E-state index contributed by atoms with van der Waals surface area (Å²) in [6.45, 7) is 14.4. The van der Waals surface area contributed by atoms with Crippen molar-refractivity contribution in [1.82, 2.24) is 15.1 Å². The molecule has 1 saturated heterocycles. The number of piperazine rings is 1. The number of benzene rings is 2. The Morgan fingerprint density at radius 3 is 2.48 bits per heavy atom. The lowest BCUT2D eigenvalue weighted by Gasteiger charge is -2.35. The molecule has 2 aromatic carbocycles.